The van der Waals surface area contributed by atoms with Gasteiger partial charge in [0.15, 0.2) is 0 Å². The molecule has 2 aromatic rings. The van der Waals surface area contributed by atoms with Crippen molar-refractivity contribution in [2.75, 3.05) is 11.9 Å². The summed E-state index contributed by atoms with van der Waals surface area (Å²) < 4.78 is 22.6. The molecule has 0 radical (unpaired) electrons. The Morgan fingerprint density at radius 2 is 1.68 bits per heavy atom. The van der Waals surface area contributed by atoms with Gasteiger partial charge < -0.3 is 5.32 Å². The average molecular weight is 402 g/mol. The highest BCUT2D eigenvalue weighted by Crippen LogP contribution is 2.28. The van der Waals surface area contributed by atoms with Crippen molar-refractivity contribution in [1.29, 1.82) is 0 Å². The number of carbonyl (C=O) groups is 1. The van der Waals surface area contributed by atoms with Crippen molar-refractivity contribution in [3.63, 3.8) is 0 Å². The van der Waals surface area contributed by atoms with Gasteiger partial charge in [-0.25, -0.2) is 13.6 Å². The number of nitrogens with two attached hydrogens (primary N) is 1. The van der Waals surface area contributed by atoms with Crippen molar-refractivity contribution >= 4 is 21.6 Å². The van der Waals surface area contributed by atoms with Gasteiger partial charge in [-0.3, -0.25) is 9.69 Å². The van der Waals surface area contributed by atoms with Crippen LogP contribution in [0.5, 0.6) is 0 Å². The Balaban J connectivity index is 1.52. The standard InChI is InChI=1S/C21H27N3O3S/c1-2-16-3-5-17(6-4-16)15-24(19-9-10-19)14-13-21(25)23-18-7-11-20(12-8-18)28(22,26)27/h3-8,11-12,19H,2,9-10,13-15H2,1H3,(H,23,25)(H2,22,26,27). The smallest absolute Gasteiger partial charge is 0.238 e. The maximum Gasteiger partial charge on any atom is 0.238 e. The average Bonchev–Trinajstić information content (AvgIpc) is 3.50. The molecule has 2 aromatic carbocycles. The number of amides is 1. The predicted molar refractivity (Wildman–Crippen MR) is 110 cm³/mol. The van der Waals surface area contributed by atoms with Crippen molar-refractivity contribution in [3.8, 4) is 0 Å². The lowest BCUT2D eigenvalue weighted by atomic mass is 10.1. The van der Waals surface area contributed by atoms with Gasteiger partial charge in [0.25, 0.3) is 0 Å². The Bertz CT molecular complexity index is 905. The first-order chi connectivity index (χ1) is 13.3. The number of primary sulfonamides is 1. The van der Waals surface area contributed by atoms with Crippen molar-refractivity contribution in [1.82, 2.24) is 4.90 Å². The summed E-state index contributed by atoms with van der Waals surface area (Å²) in [5, 5.41) is 7.90. The van der Waals surface area contributed by atoms with E-state index in [2.05, 4.69) is 41.4 Å². The van der Waals surface area contributed by atoms with Crippen LogP contribution in [0.1, 0.15) is 37.3 Å². The molecule has 1 fully saturated rings. The Labute approximate surface area is 166 Å². The lowest BCUT2D eigenvalue weighted by Gasteiger charge is -2.22. The highest BCUT2D eigenvalue weighted by atomic mass is 32.2. The van der Waals surface area contributed by atoms with Gasteiger partial charge in [0.2, 0.25) is 15.9 Å². The van der Waals surface area contributed by atoms with E-state index in [9.17, 15) is 13.2 Å². The van der Waals surface area contributed by atoms with Crippen LogP contribution in [0, 0.1) is 0 Å². The molecule has 3 N–H and O–H groups in total. The number of hydrogen-bond acceptors (Lipinski definition) is 4. The van der Waals surface area contributed by atoms with Crippen LogP contribution in [0.3, 0.4) is 0 Å². The van der Waals surface area contributed by atoms with Crippen molar-refractivity contribution in [2.24, 2.45) is 5.14 Å². The molecule has 0 unspecified atom stereocenters. The number of aryl methyl sites for hydroxylation is 1. The van der Waals surface area contributed by atoms with Gasteiger partial charge in [-0.1, -0.05) is 31.2 Å². The molecule has 0 heterocycles. The molecule has 1 saturated carbocycles. The van der Waals surface area contributed by atoms with Crippen LogP contribution in [0.15, 0.2) is 53.4 Å². The SMILES string of the molecule is CCc1ccc(CN(CCC(=O)Nc2ccc(S(N)(=O)=O)cc2)C2CC2)cc1. The normalized spacial score (nSPS) is 14.2. The van der Waals surface area contributed by atoms with E-state index < -0.39 is 10.0 Å². The third kappa shape index (κ3) is 5.89. The number of anilines is 1. The van der Waals surface area contributed by atoms with E-state index in [1.165, 1.54) is 36.1 Å². The van der Waals surface area contributed by atoms with Gasteiger partial charge in [0, 0.05) is 31.2 Å². The molecule has 0 aliphatic heterocycles. The highest BCUT2D eigenvalue weighted by molar-refractivity contribution is 7.89. The number of hydrogen-bond donors (Lipinski definition) is 2. The third-order valence-corrected chi connectivity index (χ3v) is 5.90. The molecule has 0 bridgehead atoms. The van der Waals surface area contributed by atoms with Crippen LogP contribution in [0.4, 0.5) is 5.69 Å². The Morgan fingerprint density at radius 1 is 1.07 bits per heavy atom. The molecule has 1 amide bonds. The zero-order valence-corrected chi connectivity index (χ0v) is 16.9. The Hall–Kier alpha value is -2.22. The molecule has 1 aliphatic rings. The first-order valence-corrected chi connectivity index (χ1v) is 11.1. The van der Waals surface area contributed by atoms with E-state index in [0.29, 0.717) is 24.7 Å². The van der Waals surface area contributed by atoms with Crippen LogP contribution in [-0.2, 0) is 27.8 Å². The van der Waals surface area contributed by atoms with Crippen molar-refractivity contribution in [3.05, 3.63) is 59.7 Å². The minimum absolute atomic E-state index is 0.0273. The maximum absolute atomic E-state index is 12.3. The van der Waals surface area contributed by atoms with Gasteiger partial charge in [-0.2, -0.15) is 0 Å². The number of nitrogens with one attached hydrogen (secondary N) is 1. The van der Waals surface area contributed by atoms with Crippen LogP contribution < -0.4 is 10.5 Å². The minimum Gasteiger partial charge on any atom is -0.326 e. The lowest BCUT2D eigenvalue weighted by Crippen LogP contribution is -2.29. The number of rotatable bonds is 9. The van der Waals surface area contributed by atoms with Gasteiger partial charge >= 0.3 is 0 Å². The van der Waals surface area contributed by atoms with Crippen LogP contribution in [0.2, 0.25) is 0 Å². The molecule has 0 spiro atoms. The summed E-state index contributed by atoms with van der Waals surface area (Å²) in [4.78, 5) is 14.7. The zero-order chi connectivity index (χ0) is 20.1. The van der Waals surface area contributed by atoms with E-state index in [0.717, 1.165) is 13.0 Å². The maximum atomic E-state index is 12.3. The summed E-state index contributed by atoms with van der Waals surface area (Å²) in [5.74, 6) is -0.0877. The second kappa shape index (κ2) is 8.86. The van der Waals surface area contributed by atoms with Crippen LogP contribution in [0.25, 0.3) is 0 Å². The Kier molecular flexibility index (Phi) is 6.49. The molecule has 0 aromatic heterocycles. The number of sulfonamides is 1. The van der Waals surface area contributed by atoms with Gasteiger partial charge in [-0.15, -0.1) is 0 Å². The fourth-order valence-electron chi connectivity index (χ4n) is 3.14. The minimum atomic E-state index is -3.73. The molecule has 28 heavy (non-hydrogen) atoms. The molecule has 7 heteroatoms. The molecule has 6 nitrogen and oxygen atoms in total. The van der Waals surface area contributed by atoms with E-state index in [1.807, 2.05) is 0 Å². The Morgan fingerprint density at radius 3 is 2.21 bits per heavy atom. The summed E-state index contributed by atoms with van der Waals surface area (Å²) in [6.45, 7) is 3.69. The summed E-state index contributed by atoms with van der Waals surface area (Å²) in [5.41, 5.74) is 3.16. The van der Waals surface area contributed by atoms with Crippen LogP contribution in [-0.4, -0.2) is 31.8 Å². The molecule has 3 rings (SSSR count). The van der Waals surface area contributed by atoms with Crippen molar-refractivity contribution < 1.29 is 13.2 Å². The fourth-order valence-corrected chi connectivity index (χ4v) is 3.66. The molecule has 0 atom stereocenters. The van der Waals surface area contributed by atoms with Gasteiger partial charge in [-0.05, 0) is 54.7 Å². The second-order valence-corrected chi connectivity index (χ2v) is 8.80. The largest absolute Gasteiger partial charge is 0.326 e. The molecule has 0 saturated heterocycles. The van der Waals surface area contributed by atoms with E-state index >= 15 is 0 Å². The number of benzene rings is 2. The third-order valence-electron chi connectivity index (χ3n) is 4.97. The van der Waals surface area contributed by atoms with Crippen molar-refractivity contribution in [2.45, 2.75) is 50.1 Å². The molecular weight excluding hydrogens is 374 g/mol. The van der Waals surface area contributed by atoms with Crippen LogP contribution >= 0.6 is 0 Å². The molecule has 1 aliphatic carbocycles. The second-order valence-electron chi connectivity index (χ2n) is 7.24. The van der Waals surface area contributed by atoms with Gasteiger partial charge in [0.05, 0.1) is 4.90 Å². The highest BCUT2D eigenvalue weighted by Gasteiger charge is 2.29. The summed E-state index contributed by atoms with van der Waals surface area (Å²) >= 11 is 0. The summed E-state index contributed by atoms with van der Waals surface area (Å²) in [6, 6.07) is 15.1. The van der Waals surface area contributed by atoms with E-state index in [-0.39, 0.29) is 10.8 Å². The predicted octanol–water partition coefficient (Wildman–Crippen LogP) is 2.89. The molecule has 150 valence electrons. The fraction of sp³-hybridized carbons (Fsp3) is 0.381. The van der Waals surface area contributed by atoms with E-state index in [1.54, 1.807) is 12.1 Å². The first-order valence-electron chi connectivity index (χ1n) is 9.59. The monoisotopic (exact) mass is 401 g/mol. The lowest BCUT2D eigenvalue weighted by molar-refractivity contribution is -0.116. The summed E-state index contributed by atoms with van der Waals surface area (Å²) in [6.07, 6.45) is 3.79. The molecular formula is C21H27N3O3S. The topological polar surface area (TPSA) is 92.5 Å². The van der Waals surface area contributed by atoms with E-state index in [4.69, 9.17) is 5.14 Å². The first kappa shape index (κ1) is 20.5. The van der Waals surface area contributed by atoms with Gasteiger partial charge in [0.1, 0.15) is 0 Å². The zero-order valence-electron chi connectivity index (χ0n) is 16.1. The quantitative estimate of drug-likeness (QED) is 0.676. The number of carbonyl (C=O) groups excluding carboxylic acids is 1. The summed E-state index contributed by atoms with van der Waals surface area (Å²) in [7, 11) is -3.73. The number of nitrogens with zero attached hydrogens (tertiary/aromatic N) is 1.